The summed E-state index contributed by atoms with van der Waals surface area (Å²) in [4.78, 5) is 26.3. The number of aliphatic carboxylic acids is 1. The van der Waals surface area contributed by atoms with Gasteiger partial charge in [-0.2, -0.15) is 0 Å². The van der Waals surface area contributed by atoms with Gasteiger partial charge in [-0.15, -0.1) is 11.3 Å². The Morgan fingerprint density at radius 2 is 2.21 bits per heavy atom. The highest BCUT2D eigenvalue weighted by Crippen LogP contribution is 2.08. The van der Waals surface area contributed by atoms with Gasteiger partial charge in [0.2, 0.25) is 0 Å². The number of thiazole rings is 1. The van der Waals surface area contributed by atoms with Gasteiger partial charge in [0, 0.05) is 0 Å². The molecule has 1 amide bonds. The van der Waals surface area contributed by atoms with Crippen molar-refractivity contribution < 1.29 is 14.7 Å². The van der Waals surface area contributed by atoms with Crippen LogP contribution >= 0.6 is 11.3 Å². The Bertz CT molecular complexity index is 345. The zero-order chi connectivity index (χ0) is 10.8. The van der Waals surface area contributed by atoms with Crippen LogP contribution < -0.4 is 5.32 Å². The largest absolute Gasteiger partial charge is 0.480 e. The molecular weight excluding hydrogens is 204 g/mol. The Kier molecular flexibility index (Phi) is 2.85. The zero-order valence-electron chi connectivity index (χ0n) is 7.77. The van der Waals surface area contributed by atoms with Crippen LogP contribution in [0.15, 0.2) is 11.7 Å². The zero-order valence-corrected chi connectivity index (χ0v) is 8.59. The van der Waals surface area contributed by atoms with E-state index in [1.165, 1.54) is 36.9 Å². The molecule has 0 fully saturated rings. The fourth-order valence-corrected chi connectivity index (χ4v) is 1.24. The average molecular weight is 214 g/mol. The number of nitrogens with one attached hydrogen (secondary N) is 1. The summed E-state index contributed by atoms with van der Waals surface area (Å²) in [5.41, 5.74) is 0.254. The minimum absolute atomic E-state index is 0.402. The van der Waals surface area contributed by atoms with Gasteiger partial charge >= 0.3 is 5.97 Å². The number of rotatable bonds is 3. The van der Waals surface area contributed by atoms with Gasteiger partial charge in [-0.1, -0.05) is 0 Å². The Morgan fingerprint density at radius 1 is 1.57 bits per heavy atom. The van der Waals surface area contributed by atoms with Gasteiger partial charge in [0.15, 0.2) is 0 Å². The van der Waals surface area contributed by atoms with Crippen molar-refractivity contribution in [3.8, 4) is 0 Å². The van der Waals surface area contributed by atoms with Crippen molar-refractivity contribution in [2.45, 2.75) is 19.4 Å². The van der Waals surface area contributed by atoms with Gasteiger partial charge in [0.05, 0.1) is 11.7 Å². The summed E-state index contributed by atoms with van der Waals surface area (Å²) in [5, 5.41) is 11.2. The van der Waals surface area contributed by atoms with Crippen molar-refractivity contribution in [3.05, 3.63) is 16.6 Å². The lowest BCUT2D eigenvalue weighted by atomic mass is 10.1. The van der Waals surface area contributed by atoms with Gasteiger partial charge in [0.1, 0.15) is 10.4 Å². The molecule has 0 aromatic carbocycles. The maximum Gasteiger partial charge on any atom is 0.328 e. The highest BCUT2D eigenvalue weighted by atomic mass is 32.1. The van der Waals surface area contributed by atoms with Gasteiger partial charge in [-0.25, -0.2) is 4.79 Å². The van der Waals surface area contributed by atoms with Crippen LogP contribution in [0, 0.1) is 0 Å². The van der Waals surface area contributed by atoms with E-state index < -0.39 is 17.4 Å². The van der Waals surface area contributed by atoms with Crippen molar-refractivity contribution in [1.29, 1.82) is 0 Å². The van der Waals surface area contributed by atoms with Gasteiger partial charge < -0.3 is 10.4 Å². The van der Waals surface area contributed by atoms with E-state index in [4.69, 9.17) is 5.11 Å². The van der Waals surface area contributed by atoms with E-state index in [9.17, 15) is 9.59 Å². The summed E-state index contributed by atoms with van der Waals surface area (Å²) in [5.74, 6) is -1.49. The normalized spacial score (nSPS) is 11.0. The molecule has 76 valence electrons. The number of carboxylic acid groups (broad SMARTS) is 1. The number of hydrogen-bond donors (Lipinski definition) is 2. The smallest absolute Gasteiger partial charge is 0.328 e. The lowest BCUT2D eigenvalue weighted by Crippen LogP contribution is -2.49. The second kappa shape index (κ2) is 3.75. The average Bonchev–Trinajstić information content (AvgIpc) is 2.54. The summed E-state index contributed by atoms with van der Waals surface area (Å²) < 4.78 is 0. The molecule has 0 spiro atoms. The standard InChI is InChI=1S/C8H10N2O3S/c1-8(2,7(12)13)10-6(11)5-3-9-4-14-5/h3-4H,1-2H3,(H,10,11)(H,12,13). The highest BCUT2D eigenvalue weighted by Gasteiger charge is 2.29. The van der Waals surface area contributed by atoms with Gasteiger partial charge in [0.25, 0.3) is 5.91 Å². The van der Waals surface area contributed by atoms with Crippen molar-refractivity contribution in [3.63, 3.8) is 0 Å². The number of carboxylic acids is 1. The number of carbonyl (C=O) groups excluding carboxylic acids is 1. The maximum atomic E-state index is 11.4. The molecule has 1 heterocycles. The van der Waals surface area contributed by atoms with Gasteiger partial charge in [-0.05, 0) is 13.8 Å². The number of amides is 1. The van der Waals surface area contributed by atoms with E-state index in [0.717, 1.165) is 0 Å². The van der Waals surface area contributed by atoms with Crippen molar-refractivity contribution in [2.24, 2.45) is 0 Å². The number of hydrogen-bond acceptors (Lipinski definition) is 4. The predicted octanol–water partition coefficient (Wildman–Crippen LogP) is 0.736. The molecule has 0 aliphatic carbocycles. The summed E-state index contributed by atoms with van der Waals surface area (Å²) in [6.45, 7) is 2.85. The van der Waals surface area contributed by atoms with E-state index >= 15 is 0 Å². The molecule has 0 aliphatic heterocycles. The van der Waals surface area contributed by atoms with Crippen LogP contribution in [0.1, 0.15) is 23.5 Å². The molecule has 0 atom stereocenters. The minimum Gasteiger partial charge on any atom is -0.480 e. The lowest BCUT2D eigenvalue weighted by molar-refractivity contribution is -0.143. The molecule has 5 nitrogen and oxygen atoms in total. The van der Waals surface area contributed by atoms with Crippen LogP contribution in [0.4, 0.5) is 0 Å². The first-order chi connectivity index (χ1) is 6.43. The maximum absolute atomic E-state index is 11.4. The molecule has 1 aromatic rings. The first-order valence-corrected chi connectivity index (χ1v) is 4.76. The van der Waals surface area contributed by atoms with Crippen LogP contribution in [0.25, 0.3) is 0 Å². The third-order valence-corrected chi connectivity index (χ3v) is 2.39. The van der Waals surface area contributed by atoms with Crippen LogP contribution in [-0.4, -0.2) is 27.5 Å². The molecule has 0 radical (unpaired) electrons. The third-order valence-electron chi connectivity index (χ3n) is 1.62. The first-order valence-electron chi connectivity index (χ1n) is 3.88. The van der Waals surface area contributed by atoms with E-state index in [-0.39, 0.29) is 0 Å². The van der Waals surface area contributed by atoms with Crippen LogP contribution in [0.2, 0.25) is 0 Å². The number of aromatic nitrogens is 1. The second-order valence-corrected chi connectivity index (χ2v) is 4.14. The quantitative estimate of drug-likeness (QED) is 0.777. The molecular formula is C8H10N2O3S. The molecule has 0 saturated heterocycles. The van der Waals surface area contributed by atoms with E-state index in [1.54, 1.807) is 0 Å². The molecule has 0 aliphatic rings. The SMILES string of the molecule is CC(C)(NC(=O)c1cncs1)C(=O)O. The third kappa shape index (κ3) is 2.29. The summed E-state index contributed by atoms with van der Waals surface area (Å²) in [6, 6.07) is 0. The van der Waals surface area contributed by atoms with E-state index in [0.29, 0.717) is 4.88 Å². The van der Waals surface area contributed by atoms with Crippen LogP contribution in [0.3, 0.4) is 0 Å². The molecule has 1 aromatic heterocycles. The predicted molar refractivity (Wildman–Crippen MR) is 51.3 cm³/mol. The highest BCUT2D eigenvalue weighted by molar-refractivity contribution is 7.11. The number of nitrogens with zero attached hydrogens (tertiary/aromatic N) is 1. The molecule has 14 heavy (non-hydrogen) atoms. The molecule has 0 bridgehead atoms. The fraction of sp³-hybridized carbons (Fsp3) is 0.375. The molecule has 6 heteroatoms. The van der Waals surface area contributed by atoms with Crippen molar-refractivity contribution in [1.82, 2.24) is 10.3 Å². The second-order valence-electron chi connectivity index (χ2n) is 3.25. The van der Waals surface area contributed by atoms with Gasteiger partial charge in [-0.3, -0.25) is 9.78 Å². The summed E-state index contributed by atoms with van der Waals surface area (Å²) in [7, 11) is 0. The van der Waals surface area contributed by atoms with Crippen LogP contribution in [0.5, 0.6) is 0 Å². The molecule has 1 rings (SSSR count). The van der Waals surface area contributed by atoms with E-state index in [2.05, 4.69) is 10.3 Å². The van der Waals surface area contributed by atoms with Crippen molar-refractivity contribution in [2.75, 3.05) is 0 Å². The topological polar surface area (TPSA) is 79.3 Å². The summed E-state index contributed by atoms with van der Waals surface area (Å²) in [6.07, 6.45) is 1.40. The molecule has 2 N–H and O–H groups in total. The Balaban J connectivity index is 2.71. The van der Waals surface area contributed by atoms with Crippen molar-refractivity contribution >= 4 is 23.2 Å². The van der Waals surface area contributed by atoms with E-state index in [1.807, 2.05) is 0 Å². The minimum atomic E-state index is -1.26. The molecule has 0 saturated carbocycles. The number of carbonyl (C=O) groups is 2. The Labute approximate surface area is 84.8 Å². The Morgan fingerprint density at radius 3 is 2.64 bits per heavy atom. The van der Waals surface area contributed by atoms with Crippen LogP contribution in [-0.2, 0) is 4.79 Å². The lowest BCUT2D eigenvalue weighted by Gasteiger charge is -2.20. The molecule has 0 unspecified atom stereocenters. The Hall–Kier alpha value is -1.43. The fourth-order valence-electron chi connectivity index (χ4n) is 0.727. The monoisotopic (exact) mass is 214 g/mol. The summed E-state index contributed by atoms with van der Waals surface area (Å²) >= 11 is 1.17. The first kappa shape index (κ1) is 10.6.